The van der Waals surface area contributed by atoms with Crippen molar-refractivity contribution in [2.45, 2.75) is 38.2 Å². The Labute approximate surface area is 56.1 Å². The first-order valence-corrected chi connectivity index (χ1v) is 3.98. The Bertz CT molecular complexity index is 133. The predicted molar refractivity (Wildman–Crippen MR) is 36.1 cm³/mol. The molecule has 3 unspecified atom stereocenters. The van der Waals surface area contributed by atoms with Crippen molar-refractivity contribution in [3.63, 3.8) is 0 Å². The summed E-state index contributed by atoms with van der Waals surface area (Å²) in [6, 6.07) is 0. The molecule has 2 saturated carbocycles. The Kier molecular flexibility index (Phi) is 0.963. The van der Waals surface area contributed by atoms with E-state index in [-0.39, 0.29) is 5.60 Å². The highest BCUT2D eigenvalue weighted by Gasteiger charge is 2.55. The van der Waals surface area contributed by atoms with E-state index < -0.39 is 0 Å². The molecule has 0 aliphatic heterocycles. The largest absolute Gasteiger partial charge is 0.390 e. The molecule has 0 aromatic rings. The minimum absolute atomic E-state index is 0.231. The number of hydrogen-bond donors (Lipinski definition) is 1. The molecule has 2 aliphatic carbocycles. The molecule has 9 heavy (non-hydrogen) atoms. The molecule has 0 bridgehead atoms. The number of hydrogen-bond acceptors (Lipinski definition) is 1. The number of rotatable bonds is 1. The molecule has 0 heterocycles. The van der Waals surface area contributed by atoms with Crippen LogP contribution in [0.15, 0.2) is 0 Å². The molecule has 52 valence electrons. The first kappa shape index (κ1) is 5.72. The first-order valence-electron chi connectivity index (χ1n) is 3.98. The van der Waals surface area contributed by atoms with Gasteiger partial charge in [-0.1, -0.05) is 6.92 Å². The Balaban J connectivity index is 2.11. The lowest BCUT2D eigenvalue weighted by molar-refractivity contribution is 0.0212. The van der Waals surface area contributed by atoms with Crippen molar-refractivity contribution in [1.82, 2.24) is 0 Å². The highest BCUT2D eigenvalue weighted by Crippen LogP contribution is 2.58. The van der Waals surface area contributed by atoms with Crippen molar-refractivity contribution >= 4 is 0 Å². The van der Waals surface area contributed by atoms with Gasteiger partial charge in [0.15, 0.2) is 0 Å². The van der Waals surface area contributed by atoms with Crippen LogP contribution in [-0.2, 0) is 0 Å². The average molecular weight is 126 g/mol. The normalized spacial score (nSPS) is 55.3. The quantitative estimate of drug-likeness (QED) is 0.565. The Morgan fingerprint density at radius 2 is 2.44 bits per heavy atom. The van der Waals surface area contributed by atoms with E-state index in [1.165, 1.54) is 12.8 Å². The summed E-state index contributed by atoms with van der Waals surface area (Å²) >= 11 is 0. The first-order chi connectivity index (χ1) is 4.26. The fourth-order valence-corrected chi connectivity index (χ4v) is 2.28. The Morgan fingerprint density at radius 3 is 2.67 bits per heavy atom. The molecule has 1 nitrogen and oxygen atoms in total. The summed E-state index contributed by atoms with van der Waals surface area (Å²) in [6.45, 7) is 2.10. The third-order valence-electron chi connectivity index (χ3n) is 3.17. The molecular formula is C8H14O. The highest BCUT2D eigenvalue weighted by molar-refractivity contribution is 5.06. The van der Waals surface area contributed by atoms with Gasteiger partial charge in [0.1, 0.15) is 0 Å². The van der Waals surface area contributed by atoms with Gasteiger partial charge in [0.05, 0.1) is 5.60 Å². The summed E-state index contributed by atoms with van der Waals surface area (Å²) in [4.78, 5) is 0. The topological polar surface area (TPSA) is 20.2 Å². The van der Waals surface area contributed by atoms with Gasteiger partial charge >= 0.3 is 0 Å². The van der Waals surface area contributed by atoms with Crippen molar-refractivity contribution in [3.05, 3.63) is 0 Å². The van der Waals surface area contributed by atoms with Crippen LogP contribution in [0.5, 0.6) is 0 Å². The van der Waals surface area contributed by atoms with E-state index in [0.29, 0.717) is 5.92 Å². The van der Waals surface area contributed by atoms with Crippen LogP contribution < -0.4 is 0 Å². The lowest BCUT2D eigenvalue weighted by Gasteiger charge is -2.21. The van der Waals surface area contributed by atoms with E-state index >= 15 is 0 Å². The maximum atomic E-state index is 9.81. The smallest absolute Gasteiger partial charge is 0.0676 e. The van der Waals surface area contributed by atoms with Crippen LogP contribution >= 0.6 is 0 Å². The summed E-state index contributed by atoms with van der Waals surface area (Å²) in [5.41, 5.74) is -0.231. The van der Waals surface area contributed by atoms with Crippen LogP contribution in [0.1, 0.15) is 32.6 Å². The monoisotopic (exact) mass is 126 g/mol. The average Bonchev–Trinajstić information content (AvgIpc) is 2.58. The van der Waals surface area contributed by atoms with Gasteiger partial charge in [-0.15, -0.1) is 0 Å². The van der Waals surface area contributed by atoms with Gasteiger partial charge in [-0.05, 0) is 37.5 Å². The minimum atomic E-state index is -0.231. The second-order valence-electron chi connectivity index (χ2n) is 3.60. The zero-order valence-corrected chi connectivity index (χ0v) is 5.93. The molecular weight excluding hydrogens is 112 g/mol. The Hall–Kier alpha value is -0.0400. The summed E-state index contributed by atoms with van der Waals surface area (Å²) in [5, 5.41) is 9.81. The van der Waals surface area contributed by atoms with E-state index in [9.17, 15) is 5.11 Å². The maximum absolute atomic E-state index is 9.81. The molecule has 3 atom stereocenters. The molecule has 2 rings (SSSR count). The standard InChI is InChI=1S/C8H14O/c1-2-8(9)4-3-6-5-7(6)8/h6-7,9H,2-5H2,1H3. The summed E-state index contributed by atoms with van der Waals surface area (Å²) < 4.78 is 0. The zero-order valence-electron chi connectivity index (χ0n) is 5.93. The molecule has 2 fully saturated rings. The van der Waals surface area contributed by atoms with E-state index in [4.69, 9.17) is 0 Å². The van der Waals surface area contributed by atoms with Gasteiger partial charge in [-0.3, -0.25) is 0 Å². The number of fused-ring (bicyclic) bond motifs is 1. The van der Waals surface area contributed by atoms with E-state index in [0.717, 1.165) is 18.8 Å². The maximum Gasteiger partial charge on any atom is 0.0676 e. The number of aliphatic hydroxyl groups is 1. The molecule has 0 spiro atoms. The lowest BCUT2D eigenvalue weighted by Crippen LogP contribution is -2.26. The molecule has 0 radical (unpaired) electrons. The van der Waals surface area contributed by atoms with Crippen LogP contribution in [0.3, 0.4) is 0 Å². The zero-order chi connectivity index (χ0) is 6.48. The fraction of sp³-hybridized carbons (Fsp3) is 1.00. The lowest BCUT2D eigenvalue weighted by atomic mass is 9.95. The summed E-state index contributed by atoms with van der Waals surface area (Å²) in [7, 11) is 0. The van der Waals surface area contributed by atoms with Crippen LogP contribution in [0.4, 0.5) is 0 Å². The van der Waals surface area contributed by atoms with Crippen molar-refractivity contribution in [1.29, 1.82) is 0 Å². The van der Waals surface area contributed by atoms with E-state index in [1.54, 1.807) is 0 Å². The van der Waals surface area contributed by atoms with E-state index in [1.807, 2.05) is 0 Å². The van der Waals surface area contributed by atoms with Gasteiger partial charge in [0.2, 0.25) is 0 Å². The molecule has 1 heteroatoms. The van der Waals surface area contributed by atoms with Crippen molar-refractivity contribution in [2.24, 2.45) is 11.8 Å². The molecule has 2 aliphatic rings. The Morgan fingerprint density at radius 1 is 1.67 bits per heavy atom. The summed E-state index contributed by atoms with van der Waals surface area (Å²) in [6.07, 6.45) is 4.63. The van der Waals surface area contributed by atoms with Gasteiger partial charge in [0, 0.05) is 0 Å². The molecule has 0 amide bonds. The highest BCUT2D eigenvalue weighted by atomic mass is 16.3. The fourth-order valence-electron chi connectivity index (χ4n) is 2.28. The third-order valence-corrected chi connectivity index (χ3v) is 3.17. The van der Waals surface area contributed by atoms with E-state index in [2.05, 4.69) is 6.92 Å². The van der Waals surface area contributed by atoms with Crippen molar-refractivity contribution < 1.29 is 5.11 Å². The SMILES string of the molecule is CCC1(O)CCC2CC21. The van der Waals surface area contributed by atoms with Gasteiger partial charge in [-0.25, -0.2) is 0 Å². The minimum Gasteiger partial charge on any atom is -0.390 e. The summed E-state index contributed by atoms with van der Waals surface area (Å²) in [5.74, 6) is 1.61. The van der Waals surface area contributed by atoms with Gasteiger partial charge in [-0.2, -0.15) is 0 Å². The van der Waals surface area contributed by atoms with Crippen LogP contribution in [0.25, 0.3) is 0 Å². The van der Waals surface area contributed by atoms with Crippen LogP contribution in [0, 0.1) is 11.8 Å². The van der Waals surface area contributed by atoms with Crippen molar-refractivity contribution in [3.8, 4) is 0 Å². The van der Waals surface area contributed by atoms with Crippen molar-refractivity contribution in [2.75, 3.05) is 0 Å². The molecule has 0 saturated heterocycles. The van der Waals surface area contributed by atoms with Gasteiger partial charge < -0.3 is 5.11 Å². The molecule has 0 aromatic heterocycles. The second kappa shape index (κ2) is 1.51. The predicted octanol–water partition coefficient (Wildman–Crippen LogP) is 1.56. The molecule has 1 N–H and O–H groups in total. The van der Waals surface area contributed by atoms with Crippen LogP contribution in [-0.4, -0.2) is 10.7 Å². The second-order valence-corrected chi connectivity index (χ2v) is 3.60. The van der Waals surface area contributed by atoms with Gasteiger partial charge in [0.25, 0.3) is 0 Å². The third kappa shape index (κ3) is 0.644. The molecule has 0 aromatic carbocycles. The van der Waals surface area contributed by atoms with Crippen LogP contribution in [0.2, 0.25) is 0 Å².